The SMILES string of the molecule is CCOCCn1c(=NC(=O)CCCSc2ccccc2)sc2c(OC)ccc(OC)c21. The van der Waals surface area contributed by atoms with E-state index in [0.717, 1.165) is 33.9 Å². The third kappa shape index (κ3) is 6.12. The second-order valence-corrected chi connectivity index (χ2v) is 8.80. The summed E-state index contributed by atoms with van der Waals surface area (Å²) in [7, 11) is 3.27. The summed E-state index contributed by atoms with van der Waals surface area (Å²) in [4.78, 5) is 18.9. The monoisotopic (exact) mass is 460 g/mol. The molecule has 2 aromatic carbocycles. The second-order valence-electron chi connectivity index (χ2n) is 6.65. The molecule has 0 saturated heterocycles. The number of ether oxygens (including phenoxy) is 3. The smallest absolute Gasteiger partial charge is 0.248 e. The standard InChI is InChI=1S/C23H28N2O4S2/c1-4-29-15-14-25-21-18(27-2)12-13-19(28-3)22(21)31-23(25)24-20(26)11-8-16-30-17-9-6-5-7-10-17/h5-7,9-10,12-13H,4,8,11,14-16H2,1-3H3. The van der Waals surface area contributed by atoms with Crippen molar-refractivity contribution in [2.75, 3.05) is 33.2 Å². The number of carbonyl (C=O) groups excluding carboxylic acids is 1. The zero-order valence-corrected chi connectivity index (χ0v) is 19.8. The number of hydrogen-bond donors (Lipinski definition) is 0. The average molecular weight is 461 g/mol. The lowest BCUT2D eigenvalue weighted by atomic mass is 10.3. The summed E-state index contributed by atoms with van der Waals surface area (Å²) >= 11 is 3.19. The summed E-state index contributed by atoms with van der Waals surface area (Å²) in [6.45, 7) is 3.70. The molecule has 6 nitrogen and oxygen atoms in total. The number of aromatic nitrogens is 1. The highest BCUT2D eigenvalue weighted by atomic mass is 32.2. The van der Waals surface area contributed by atoms with Gasteiger partial charge in [-0.2, -0.15) is 4.99 Å². The number of amides is 1. The summed E-state index contributed by atoms with van der Waals surface area (Å²) in [5.74, 6) is 2.21. The number of thiazole rings is 1. The Balaban J connectivity index is 1.82. The largest absolute Gasteiger partial charge is 0.495 e. The van der Waals surface area contributed by atoms with Crippen LogP contribution in [0.1, 0.15) is 19.8 Å². The highest BCUT2D eigenvalue weighted by Crippen LogP contribution is 2.35. The van der Waals surface area contributed by atoms with Crippen molar-refractivity contribution >= 4 is 39.2 Å². The summed E-state index contributed by atoms with van der Waals surface area (Å²) in [6.07, 6.45) is 1.19. The number of fused-ring (bicyclic) bond motifs is 1. The van der Waals surface area contributed by atoms with Gasteiger partial charge < -0.3 is 18.8 Å². The van der Waals surface area contributed by atoms with E-state index in [1.54, 1.807) is 26.0 Å². The van der Waals surface area contributed by atoms with E-state index in [0.29, 0.717) is 31.0 Å². The molecule has 0 unspecified atom stereocenters. The van der Waals surface area contributed by atoms with Crippen molar-refractivity contribution in [3.05, 3.63) is 47.3 Å². The topological polar surface area (TPSA) is 62.1 Å². The number of hydrogen-bond acceptors (Lipinski definition) is 6. The second kappa shape index (κ2) is 11.9. The van der Waals surface area contributed by atoms with Gasteiger partial charge in [-0.05, 0) is 43.4 Å². The predicted octanol–water partition coefficient (Wildman–Crippen LogP) is 4.76. The number of nitrogens with zero attached hydrogens (tertiary/aromatic N) is 2. The van der Waals surface area contributed by atoms with Gasteiger partial charge in [0, 0.05) is 24.5 Å². The zero-order valence-electron chi connectivity index (χ0n) is 18.1. The molecule has 0 bridgehead atoms. The van der Waals surface area contributed by atoms with E-state index in [4.69, 9.17) is 14.2 Å². The van der Waals surface area contributed by atoms with Gasteiger partial charge >= 0.3 is 0 Å². The minimum atomic E-state index is -0.122. The molecule has 0 atom stereocenters. The minimum absolute atomic E-state index is 0.122. The third-order valence-electron chi connectivity index (χ3n) is 4.62. The number of rotatable bonds is 11. The lowest BCUT2D eigenvalue weighted by Gasteiger charge is -2.10. The van der Waals surface area contributed by atoms with Crippen LogP contribution >= 0.6 is 23.1 Å². The fourth-order valence-corrected chi connectivity index (χ4v) is 5.20. The Morgan fingerprint density at radius 1 is 1.10 bits per heavy atom. The van der Waals surface area contributed by atoms with Crippen molar-refractivity contribution in [2.24, 2.45) is 4.99 Å². The van der Waals surface area contributed by atoms with E-state index in [2.05, 4.69) is 17.1 Å². The van der Waals surface area contributed by atoms with Gasteiger partial charge in [-0.1, -0.05) is 29.5 Å². The van der Waals surface area contributed by atoms with Gasteiger partial charge in [-0.3, -0.25) is 4.79 Å². The molecular weight excluding hydrogens is 432 g/mol. The maximum Gasteiger partial charge on any atom is 0.248 e. The number of thioether (sulfide) groups is 1. The van der Waals surface area contributed by atoms with Crippen LogP contribution in [0.3, 0.4) is 0 Å². The van der Waals surface area contributed by atoms with Crippen molar-refractivity contribution in [3.8, 4) is 11.5 Å². The Bertz CT molecular complexity index is 1060. The van der Waals surface area contributed by atoms with Crippen LogP contribution in [0.4, 0.5) is 0 Å². The molecule has 0 aliphatic heterocycles. The zero-order chi connectivity index (χ0) is 22.1. The lowest BCUT2D eigenvalue weighted by molar-refractivity contribution is -0.118. The maximum absolute atomic E-state index is 12.6. The predicted molar refractivity (Wildman–Crippen MR) is 126 cm³/mol. The molecule has 0 fully saturated rings. The Kier molecular flexibility index (Phi) is 8.99. The number of methoxy groups -OCH3 is 2. The number of benzene rings is 2. The summed E-state index contributed by atoms with van der Waals surface area (Å²) < 4.78 is 19.6. The van der Waals surface area contributed by atoms with Crippen molar-refractivity contribution in [3.63, 3.8) is 0 Å². The van der Waals surface area contributed by atoms with Crippen molar-refractivity contribution in [1.82, 2.24) is 4.57 Å². The first-order valence-electron chi connectivity index (χ1n) is 10.2. The first-order chi connectivity index (χ1) is 15.2. The molecular formula is C23H28N2O4S2. The normalized spacial score (nSPS) is 11.8. The van der Waals surface area contributed by atoms with Crippen molar-refractivity contribution in [2.45, 2.75) is 31.2 Å². The molecule has 1 aromatic heterocycles. The van der Waals surface area contributed by atoms with Gasteiger partial charge in [0.1, 0.15) is 21.7 Å². The van der Waals surface area contributed by atoms with E-state index in [1.807, 2.05) is 41.8 Å². The Morgan fingerprint density at radius 3 is 2.55 bits per heavy atom. The number of carbonyl (C=O) groups is 1. The summed E-state index contributed by atoms with van der Waals surface area (Å²) in [5.41, 5.74) is 0.873. The van der Waals surface area contributed by atoms with Crippen LogP contribution in [0.5, 0.6) is 11.5 Å². The van der Waals surface area contributed by atoms with Crippen LogP contribution in [0, 0.1) is 0 Å². The van der Waals surface area contributed by atoms with Crippen molar-refractivity contribution in [1.29, 1.82) is 0 Å². The van der Waals surface area contributed by atoms with Crippen LogP contribution < -0.4 is 14.3 Å². The van der Waals surface area contributed by atoms with Crippen LogP contribution in [-0.4, -0.2) is 43.7 Å². The molecule has 0 saturated carbocycles. The first-order valence-corrected chi connectivity index (χ1v) is 12.1. The molecule has 1 heterocycles. The van der Waals surface area contributed by atoms with Gasteiger partial charge in [-0.25, -0.2) is 0 Å². The Morgan fingerprint density at radius 2 is 1.84 bits per heavy atom. The maximum atomic E-state index is 12.6. The fraction of sp³-hybridized carbons (Fsp3) is 0.391. The van der Waals surface area contributed by atoms with E-state index < -0.39 is 0 Å². The molecule has 0 N–H and O–H groups in total. The summed E-state index contributed by atoms with van der Waals surface area (Å²) in [6, 6.07) is 13.9. The molecule has 0 aliphatic rings. The lowest BCUT2D eigenvalue weighted by Crippen LogP contribution is -2.20. The van der Waals surface area contributed by atoms with Crippen LogP contribution in [0.2, 0.25) is 0 Å². The van der Waals surface area contributed by atoms with Crippen molar-refractivity contribution < 1.29 is 19.0 Å². The molecule has 31 heavy (non-hydrogen) atoms. The highest BCUT2D eigenvalue weighted by Gasteiger charge is 2.16. The molecule has 0 aliphatic carbocycles. The Hall–Kier alpha value is -2.29. The van der Waals surface area contributed by atoms with E-state index in [9.17, 15) is 4.79 Å². The van der Waals surface area contributed by atoms with Gasteiger partial charge in [0.15, 0.2) is 4.80 Å². The molecule has 8 heteroatoms. The van der Waals surface area contributed by atoms with E-state index in [-0.39, 0.29) is 5.91 Å². The van der Waals surface area contributed by atoms with E-state index in [1.165, 1.54) is 16.2 Å². The minimum Gasteiger partial charge on any atom is -0.495 e. The molecule has 0 radical (unpaired) electrons. The highest BCUT2D eigenvalue weighted by molar-refractivity contribution is 7.99. The average Bonchev–Trinajstić information content (AvgIpc) is 3.15. The van der Waals surface area contributed by atoms with Gasteiger partial charge in [0.2, 0.25) is 5.91 Å². The Labute approximate surface area is 190 Å². The molecule has 1 amide bonds. The molecule has 166 valence electrons. The van der Waals surface area contributed by atoms with Crippen LogP contribution in [0.15, 0.2) is 52.4 Å². The van der Waals surface area contributed by atoms with Gasteiger partial charge in [-0.15, -0.1) is 11.8 Å². The van der Waals surface area contributed by atoms with Gasteiger partial charge in [0.05, 0.1) is 20.8 Å². The van der Waals surface area contributed by atoms with E-state index >= 15 is 0 Å². The first kappa shape index (κ1) is 23.4. The van der Waals surface area contributed by atoms with Crippen LogP contribution in [0.25, 0.3) is 10.2 Å². The van der Waals surface area contributed by atoms with Gasteiger partial charge in [0.25, 0.3) is 0 Å². The molecule has 3 rings (SSSR count). The molecule has 3 aromatic rings. The molecule has 0 spiro atoms. The fourth-order valence-electron chi connectivity index (χ4n) is 3.14. The summed E-state index contributed by atoms with van der Waals surface area (Å²) in [5, 5.41) is 0. The quantitative estimate of drug-likeness (QED) is 0.305. The van der Waals surface area contributed by atoms with Crippen LogP contribution in [-0.2, 0) is 16.1 Å². The third-order valence-corrected chi connectivity index (χ3v) is 6.81.